The monoisotopic (exact) mass is 262 g/mol. The minimum Gasteiger partial charge on any atom is -0.337 e. The van der Waals surface area contributed by atoms with Gasteiger partial charge in [0.2, 0.25) is 5.89 Å². The van der Waals surface area contributed by atoms with Crippen molar-refractivity contribution in [2.75, 3.05) is 0 Å². The van der Waals surface area contributed by atoms with Gasteiger partial charge in [0.1, 0.15) is 6.54 Å². The smallest absolute Gasteiger partial charge is 0.280 e. The normalized spacial score (nSPS) is 11.9. The van der Waals surface area contributed by atoms with Gasteiger partial charge >= 0.3 is 0 Å². The van der Waals surface area contributed by atoms with Gasteiger partial charge in [0, 0.05) is 16.9 Å². The van der Waals surface area contributed by atoms with Crippen LogP contribution in [0.5, 0.6) is 0 Å². The fourth-order valence-corrected chi connectivity index (χ4v) is 1.79. The van der Waals surface area contributed by atoms with E-state index in [1.807, 2.05) is 0 Å². The van der Waals surface area contributed by atoms with Crippen LogP contribution in [0.15, 0.2) is 22.1 Å². The number of aromatic nitrogens is 4. The molecule has 16 heavy (non-hydrogen) atoms. The molecule has 0 aliphatic heterocycles. The van der Waals surface area contributed by atoms with Crippen molar-refractivity contribution < 1.29 is 12.9 Å². The maximum atomic E-state index is 10.9. The number of hydrogen-bond acceptors (Lipinski definition) is 6. The molecule has 7 nitrogen and oxygen atoms in total. The van der Waals surface area contributed by atoms with E-state index in [1.165, 1.54) is 17.1 Å². The van der Waals surface area contributed by atoms with Crippen molar-refractivity contribution >= 4 is 19.7 Å². The lowest BCUT2D eigenvalue weighted by molar-refractivity contribution is 0.367. The van der Waals surface area contributed by atoms with E-state index in [4.69, 9.17) is 15.2 Å². The van der Waals surface area contributed by atoms with Crippen LogP contribution in [0.4, 0.5) is 0 Å². The lowest BCUT2D eigenvalue weighted by Crippen LogP contribution is -1.97. The average Bonchev–Trinajstić information content (AvgIpc) is 2.74. The lowest BCUT2D eigenvalue weighted by Gasteiger charge is -1.93. The first-order valence-corrected chi connectivity index (χ1v) is 6.52. The largest absolute Gasteiger partial charge is 0.337 e. The van der Waals surface area contributed by atoms with Gasteiger partial charge in [-0.2, -0.15) is 4.98 Å². The SMILES string of the molecule is Cc1noc(Cn2cnc(S(=O)(=O)Cl)c2)n1. The van der Waals surface area contributed by atoms with Crippen molar-refractivity contribution in [3.8, 4) is 0 Å². The Kier molecular flexibility index (Phi) is 2.68. The van der Waals surface area contributed by atoms with E-state index in [0.717, 1.165) is 0 Å². The van der Waals surface area contributed by atoms with Gasteiger partial charge in [0.25, 0.3) is 9.05 Å². The third-order valence-electron chi connectivity index (χ3n) is 1.75. The molecule has 0 amide bonds. The molecule has 0 unspecified atom stereocenters. The van der Waals surface area contributed by atoms with Gasteiger partial charge in [-0.15, -0.1) is 0 Å². The predicted octanol–water partition coefficient (Wildman–Crippen LogP) is 0.550. The van der Waals surface area contributed by atoms with E-state index in [1.54, 1.807) is 6.92 Å². The highest BCUT2D eigenvalue weighted by Gasteiger charge is 2.14. The maximum Gasteiger partial charge on any atom is 0.280 e. The maximum absolute atomic E-state index is 10.9. The summed E-state index contributed by atoms with van der Waals surface area (Å²) in [5, 5.41) is 3.40. The molecule has 2 aromatic rings. The van der Waals surface area contributed by atoms with Crippen LogP contribution in [0.2, 0.25) is 0 Å². The fraction of sp³-hybridized carbons (Fsp3) is 0.286. The first-order valence-electron chi connectivity index (χ1n) is 4.21. The van der Waals surface area contributed by atoms with E-state index in [9.17, 15) is 8.42 Å². The van der Waals surface area contributed by atoms with Crippen LogP contribution in [-0.4, -0.2) is 28.1 Å². The molecule has 2 rings (SSSR count). The molecule has 0 saturated carbocycles. The number of hydrogen-bond donors (Lipinski definition) is 0. The molecule has 0 radical (unpaired) electrons. The van der Waals surface area contributed by atoms with Crippen molar-refractivity contribution in [2.24, 2.45) is 0 Å². The molecule has 0 atom stereocenters. The molecule has 0 fully saturated rings. The fourth-order valence-electron chi connectivity index (χ4n) is 1.11. The molecule has 0 aromatic carbocycles. The zero-order valence-electron chi connectivity index (χ0n) is 8.16. The predicted molar refractivity (Wildman–Crippen MR) is 53.4 cm³/mol. The third kappa shape index (κ3) is 2.39. The average molecular weight is 263 g/mol. The van der Waals surface area contributed by atoms with Crippen LogP contribution in [-0.2, 0) is 15.6 Å². The minimum absolute atomic E-state index is 0.203. The molecule has 0 aliphatic rings. The summed E-state index contributed by atoms with van der Waals surface area (Å²) >= 11 is 0. The van der Waals surface area contributed by atoms with Crippen LogP contribution in [0.25, 0.3) is 0 Å². The molecular formula is C7H7ClN4O3S. The number of aryl methyl sites for hydroxylation is 1. The van der Waals surface area contributed by atoms with Gasteiger partial charge in [-0.1, -0.05) is 5.16 Å². The number of nitrogens with zero attached hydrogens (tertiary/aromatic N) is 4. The Bertz CT molecular complexity index is 603. The quantitative estimate of drug-likeness (QED) is 0.750. The van der Waals surface area contributed by atoms with Crippen LogP contribution >= 0.6 is 10.7 Å². The van der Waals surface area contributed by atoms with Crippen LogP contribution in [0, 0.1) is 6.92 Å². The van der Waals surface area contributed by atoms with Crippen molar-refractivity contribution in [2.45, 2.75) is 18.5 Å². The Morgan fingerprint density at radius 2 is 2.31 bits per heavy atom. The summed E-state index contributed by atoms with van der Waals surface area (Å²) in [6.07, 6.45) is 2.62. The Hall–Kier alpha value is -1.41. The summed E-state index contributed by atoms with van der Waals surface area (Å²) in [7, 11) is 1.33. The van der Waals surface area contributed by atoms with Crippen molar-refractivity contribution in [1.29, 1.82) is 0 Å². The summed E-state index contributed by atoms with van der Waals surface area (Å²) in [5.74, 6) is 0.883. The van der Waals surface area contributed by atoms with Gasteiger partial charge in [-0.25, -0.2) is 13.4 Å². The zero-order valence-corrected chi connectivity index (χ0v) is 9.73. The van der Waals surface area contributed by atoms with Gasteiger partial charge in [0.05, 0.1) is 6.33 Å². The first kappa shape index (κ1) is 11.1. The molecule has 0 saturated heterocycles. The second kappa shape index (κ2) is 3.87. The standard InChI is InChI=1S/C7H7ClN4O3S/c1-5-10-6(15-11-5)2-12-3-7(9-4-12)16(8,13)14/h3-4H,2H2,1H3. The lowest BCUT2D eigenvalue weighted by atomic mass is 10.6. The number of rotatable bonds is 3. The molecule has 0 aliphatic carbocycles. The summed E-state index contributed by atoms with van der Waals surface area (Å²) < 4.78 is 28.2. The van der Waals surface area contributed by atoms with Gasteiger partial charge in [-0.05, 0) is 6.92 Å². The second-order valence-electron chi connectivity index (χ2n) is 3.06. The molecule has 0 bridgehead atoms. The van der Waals surface area contributed by atoms with Crippen molar-refractivity contribution in [3.63, 3.8) is 0 Å². The van der Waals surface area contributed by atoms with E-state index < -0.39 is 9.05 Å². The molecular weight excluding hydrogens is 256 g/mol. The second-order valence-corrected chi connectivity index (χ2v) is 5.57. The summed E-state index contributed by atoms with van der Waals surface area (Å²) in [5.41, 5.74) is 0. The van der Waals surface area contributed by atoms with E-state index in [-0.39, 0.29) is 11.6 Å². The van der Waals surface area contributed by atoms with Crippen molar-refractivity contribution in [1.82, 2.24) is 19.7 Å². The van der Waals surface area contributed by atoms with E-state index in [0.29, 0.717) is 11.7 Å². The summed E-state index contributed by atoms with van der Waals surface area (Å²) in [6, 6.07) is 0. The van der Waals surface area contributed by atoms with Crippen LogP contribution in [0.3, 0.4) is 0 Å². The highest BCUT2D eigenvalue weighted by atomic mass is 35.7. The van der Waals surface area contributed by atoms with Gasteiger partial charge in [0.15, 0.2) is 10.9 Å². The number of halogens is 1. The van der Waals surface area contributed by atoms with Gasteiger partial charge < -0.3 is 9.09 Å². The third-order valence-corrected chi connectivity index (χ3v) is 2.93. The van der Waals surface area contributed by atoms with E-state index in [2.05, 4.69) is 15.1 Å². The molecule has 0 spiro atoms. The Balaban J connectivity index is 2.21. The Morgan fingerprint density at radius 1 is 1.56 bits per heavy atom. The number of imidazole rings is 1. The molecule has 86 valence electrons. The molecule has 2 aromatic heterocycles. The van der Waals surface area contributed by atoms with E-state index >= 15 is 0 Å². The Morgan fingerprint density at radius 3 is 2.81 bits per heavy atom. The molecule has 0 N–H and O–H groups in total. The van der Waals surface area contributed by atoms with Gasteiger partial charge in [-0.3, -0.25) is 0 Å². The molecule has 2 heterocycles. The Labute approximate surface area is 95.5 Å². The van der Waals surface area contributed by atoms with Crippen molar-refractivity contribution in [3.05, 3.63) is 24.2 Å². The van der Waals surface area contributed by atoms with Crippen LogP contribution in [0.1, 0.15) is 11.7 Å². The highest BCUT2D eigenvalue weighted by molar-refractivity contribution is 8.13. The molecule has 9 heteroatoms. The highest BCUT2D eigenvalue weighted by Crippen LogP contribution is 2.12. The topological polar surface area (TPSA) is 90.9 Å². The summed E-state index contributed by atoms with van der Waals surface area (Å²) in [4.78, 5) is 7.61. The van der Waals surface area contributed by atoms with Crippen LogP contribution < -0.4 is 0 Å². The minimum atomic E-state index is -3.80. The first-order chi connectivity index (χ1) is 7.45. The summed E-state index contributed by atoms with van der Waals surface area (Å²) in [6.45, 7) is 1.94. The zero-order chi connectivity index (χ0) is 11.8.